The lowest BCUT2D eigenvalue weighted by Crippen LogP contribution is -2.38. The van der Waals surface area contributed by atoms with Crippen molar-refractivity contribution < 1.29 is 4.79 Å². The van der Waals surface area contributed by atoms with Gasteiger partial charge in [-0.3, -0.25) is 9.48 Å². The Kier molecular flexibility index (Phi) is 3.08. The van der Waals surface area contributed by atoms with Gasteiger partial charge in [0.1, 0.15) is 5.69 Å². The third kappa shape index (κ3) is 2.32. The molecule has 0 aromatic carbocycles. The molecule has 1 aromatic rings. The number of carbonyl (C=O) groups excluding carboxylic acids is 1. The number of aromatic nitrogens is 2. The monoisotopic (exact) mass is 290 g/mol. The Hall–Kier alpha value is -1.52. The van der Waals surface area contributed by atoms with Crippen LogP contribution in [0.15, 0.2) is 6.20 Å². The molecule has 2 bridgehead atoms. The Morgan fingerprint density at radius 1 is 1.43 bits per heavy atom. The molecule has 1 aliphatic carbocycles. The predicted octanol–water partition coefficient (Wildman–Crippen LogP) is 2.53. The highest BCUT2D eigenvalue weighted by molar-refractivity contribution is 5.97. The first-order chi connectivity index (χ1) is 9.75. The molecule has 21 heavy (non-hydrogen) atoms. The highest BCUT2D eigenvalue weighted by Gasteiger charge is 2.51. The van der Waals surface area contributed by atoms with E-state index in [1.54, 1.807) is 10.9 Å². The SMILES string of the molecule is CCn1ncc(N)c1C(=O)N1CC2(C)CC1CC(C)(C)C2. The molecular weight excluding hydrogens is 264 g/mol. The van der Waals surface area contributed by atoms with E-state index in [-0.39, 0.29) is 11.3 Å². The minimum atomic E-state index is 0.0540. The number of nitrogens with two attached hydrogens (primary N) is 1. The van der Waals surface area contributed by atoms with Crippen molar-refractivity contribution in [2.75, 3.05) is 12.3 Å². The third-order valence-corrected chi connectivity index (χ3v) is 5.05. The molecule has 1 saturated carbocycles. The molecule has 1 aromatic heterocycles. The van der Waals surface area contributed by atoms with E-state index in [0.717, 1.165) is 19.4 Å². The zero-order valence-electron chi connectivity index (χ0n) is 13.5. The molecule has 5 nitrogen and oxygen atoms in total. The molecular formula is C16H26N4O. The smallest absolute Gasteiger partial charge is 0.274 e. The zero-order valence-corrected chi connectivity index (χ0v) is 13.5. The third-order valence-electron chi connectivity index (χ3n) is 5.05. The van der Waals surface area contributed by atoms with Crippen molar-refractivity contribution in [3.05, 3.63) is 11.9 Å². The van der Waals surface area contributed by atoms with Crippen LogP contribution in [0.1, 0.15) is 57.4 Å². The van der Waals surface area contributed by atoms with Crippen molar-refractivity contribution >= 4 is 11.6 Å². The molecule has 1 aliphatic heterocycles. The molecule has 1 amide bonds. The number of hydrogen-bond donors (Lipinski definition) is 1. The minimum Gasteiger partial charge on any atom is -0.396 e. The normalized spacial score (nSPS) is 30.7. The van der Waals surface area contributed by atoms with Gasteiger partial charge < -0.3 is 10.6 Å². The highest BCUT2D eigenvalue weighted by Crippen LogP contribution is 2.52. The van der Waals surface area contributed by atoms with E-state index in [4.69, 9.17) is 5.73 Å². The van der Waals surface area contributed by atoms with Crippen LogP contribution in [-0.2, 0) is 6.54 Å². The van der Waals surface area contributed by atoms with Crippen molar-refractivity contribution in [3.63, 3.8) is 0 Å². The molecule has 2 heterocycles. The van der Waals surface area contributed by atoms with Crippen LogP contribution in [0, 0.1) is 10.8 Å². The highest BCUT2D eigenvalue weighted by atomic mass is 16.2. The lowest BCUT2D eigenvalue weighted by molar-refractivity contribution is 0.0697. The average molecular weight is 290 g/mol. The van der Waals surface area contributed by atoms with Crippen molar-refractivity contribution in [2.24, 2.45) is 10.8 Å². The van der Waals surface area contributed by atoms with Crippen LogP contribution < -0.4 is 5.73 Å². The maximum atomic E-state index is 13.0. The standard InChI is InChI=1S/C16H26N4O/c1-5-20-13(12(17)8-18-20)14(21)19-10-16(4)7-11(19)6-15(2,3)9-16/h8,11H,5-7,9-10,17H2,1-4H3. The number of nitrogen functional groups attached to an aromatic ring is 1. The molecule has 2 fully saturated rings. The van der Waals surface area contributed by atoms with Crippen LogP contribution in [0.5, 0.6) is 0 Å². The average Bonchev–Trinajstić information content (AvgIpc) is 2.85. The maximum Gasteiger partial charge on any atom is 0.274 e. The van der Waals surface area contributed by atoms with Gasteiger partial charge in [-0.1, -0.05) is 20.8 Å². The number of likely N-dealkylation sites (tertiary alicyclic amines) is 1. The largest absolute Gasteiger partial charge is 0.396 e. The van der Waals surface area contributed by atoms with Crippen LogP contribution in [-0.4, -0.2) is 33.2 Å². The topological polar surface area (TPSA) is 64.2 Å². The number of hydrogen-bond acceptors (Lipinski definition) is 3. The van der Waals surface area contributed by atoms with Gasteiger partial charge in [0.15, 0.2) is 0 Å². The number of aryl methyl sites for hydroxylation is 1. The second kappa shape index (κ2) is 4.49. The summed E-state index contributed by atoms with van der Waals surface area (Å²) in [5, 5.41) is 4.20. The molecule has 2 N–H and O–H groups in total. The first-order valence-corrected chi connectivity index (χ1v) is 7.87. The van der Waals surface area contributed by atoms with E-state index in [1.165, 1.54) is 6.42 Å². The fourth-order valence-electron chi connectivity index (χ4n) is 4.71. The summed E-state index contributed by atoms with van der Waals surface area (Å²) in [5.41, 5.74) is 7.59. The summed E-state index contributed by atoms with van der Waals surface area (Å²) >= 11 is 0. The Morgan fingerprint density at radius 2 is 2.14 bits per heavy atom. The van der Waals surface area contributed by atoms with E-state index in [2.05, 4.69) is 25.9 Å². The van der Waals surface area contributed by atoms with Gasteiger partial charge in [0.25, 0.3) is 5.91 Å². The van der Waals surface area contributed by atoms with Gasteiger partial charge in [0.05, 0.1) is 11.9 Å². The van der Waals surface area contributed by atoms with E-state index in [1.807, 2.05) is 11.8 Å². The molecule has 3 rings (SSSR count). The fourth-order valence-corrected chi connectivity index (χ4v) is 4.71. The molecule has 1 saturated heterocycles. The number of rotatable bonds is 2. The summed E-state index contributed by atoms with van der Waals surface area (Å²) < 4.78 is 1.72. The van der Waals surface area contributed by atoms with Gasteiger partial charge >= 0.3 is 0 Å². The van der Waals surface area contributed by atoms with Crippen LogP contribution in [0.2, 0.25) is 0 Å². The van der Waals surface area contributed by atoms with Gasteiger partial charge in [0, 0.05) is 19.1 Å². The summed E-state index contributed by atoms with van der Waals surface area (Å²) in [7, 11) is 0. The Morgan fingerprint density at radius 3 is 2.81 bits per heavy atom. The van der Waals surface area contributed by atoms with E-state index >= 15 is 0 Å². The number of fused-ring (bicyclic) bond motifs is 2. The lowest BCUT2D eigenvalue weighted by atomic mass is 9.65. The van der Waals surface area contributed by atoms with Gasteiger partial charge in [-0.15, -0.1) is 0 Å². The second-order valence-electron chi connectivity index (χ2n) is 7.91. The van der Waals surface area contributed by atoms with Crippen molar-refractivity contribution in [3.8, 4) is 0 Å². The molecule has 116 valence electrons. The number of nitrogens with zero attached hydrogens (tertiary/aromatic N) is 3. The fraction of sp³-hybridized carbons (Fsp3) is 0.750. The first kappa shape index (κ1) is 14.4. The Labute approximate surface area is 126 Å². The van der Waals surface area contributed by atoms with Crippen LogP contribution in [0.25, 0.3) is 0 Å². The Balaban J connectivity index is 1.91. The molecule has 5 heteroatoms. The van der Waals surface area contributed by atoms with Gasteiger partial charge in [-0.25, -0.2) is 0 Å². The van der Waals surface area contributed by atoms with Crippen molar-refractivity contribution in [2.45, 2.75) is 59.5 Å². The Bertz CT molecular complexity index is 577. The lowest BCUT2D eigenvalue weighted by Gasteiger charge is -2.39. The van der Waals surface area contributed by atoms with E-state index in [0.29, 0.717) is 29.4 Å². The van der Waals surface area contributed by atoms with E-state index < -0.39 is 0 Å². The summed E-state index contributed by atoms with van der Waals surface area (Å²) in [6, 6.07) is 0.339. The van der Waals surface area contributed by atoms with Crippen molar-refractivity contribution in [1.82, 2.24) is 14.7 Å². The minimum absolute atomic E-state index is 0.0540. The van der Waals surface area contributed by atoms with Crippen LogP contribution in [0.4, 0.5) is 5.69 Å². The molecule has 2 aliphatic rings. The van der Waals surface area contributed by atoms with Crippen LogP contribution >= 0.6 is 0 Å². The second-order valence-corrected chi connectivity index (χ2v) is 7.91. The quantitative estimate of drug-likeness (QED) is 0.910. The van der Waals surface area contributed by atoms with E-state index in [9.17, 15) is 4.79 Å². The van der Waals surface area contributed by atoms with Crippen molar-refractivity contribution in [1.29, 1.82) is 0 Å². The zero-order chi connectivity index (χ0) is 15.4. The first-order valence-electron chi connectivity index (χ1n) is 7.87. The molecule has 0 radical (unpaired) electrons. The number of amides is 1. The van der Waals surface area contributed by atoms with Gasteiger partial charge in [-0.2, -0.15) is 5.10 Å². The van der Waals surface area contributed by atoms with Gasteiger partial charge in [0.2, 0.25) is 0 Å². The van der Waals surface area contributed by atoms with Gasteiger partial charge in [-0.05, 0) is 37.0 Å². The summed E-state index contributed by atoms with van der Waals surface area (Å²) in [5.74, 6) is 0.0540. The number of anilines is 1. The summed E-state index contributed by atoms with van der Waals surface area (Å²) in [6.07, 6.45) is 4.96. The summed E-state index contributed by atoms with van der Waals surface area (Å²) in [6.45, 7) is 10.4. The van der Waals surface area contributed by atoms with Crippen LogP contribution in [0.3, 0.4) is 0 Å². The number of carbonyl (C=O) groups is 1. The molecule has 0 spiro atoms. The maximum absolute atomic E-state index is 13.0. The molecule has 2 atom stereocenters. The summed E-state index contributed by atoms with van der Waals surface area (Å²) in [4.78, 5) is 15.0. The predicted molar refractivity (Wildman–Crippen MR) is 82.9 cm³/mol. The molecule has 2 unspecified atom stereocenters.